The molecule has 0 N–H and O–H groups in total. The standard InChI is InChI=1S/C17H20ClN2S/c1-13(20(2,3)18)12-19-14-8-4-6-10-16(14)21-17-11-7-5-9-15(17)19/h4-11,13H,12H2,1-3H3/q+1. The minimum atomic E-state index is 0.316. The van der Waals surface area contributed by atoms with E-state index in [1.54, 1.807) is 0 Å². The predicted octanol–water partition coefficient (Wildman–Crippen LogP) is 4.91. The van der Waals surface area contributed by atoms with Gasteiger partial charge in [-0.3, -0.25) is 0 Å². The first-order valence-electron chi connectivity index (χ1n) is 7.13. The van der Waals surface area contributed by atoms with Crippen molar-refractivity contribution >= 4 is 34.9 Å². The Bertz CT molecular complexity index is 606. The number of fused-ring (bicyclic) bond motifs is 2. The number of anilines is 2. The topological polar surface area (TPSA) is 3.24 Å². The highest BCUT2D eigenvalue weighted by Crippen LogP contribution is 2.47. The van der Waals surface area contributed by atoms with Gasteiger partial charge in [-0.25, -0.2) is 4.00 Å². The lowest BCUT2D eigenvalue weighted by Crippen LogP contribution is -2.45. The molecule has 2 nitrogen and oxygen atoms in total. The molecule has 110 valence electrons. The van der Waals surface area contributed by atoms with Crippen molar-refractivity contribution in [3.63, 3.8) is 0 Å². The summed E-state index contributed by atoms with van der Waals surface area (Å²) in [5.74, 6) is 0. The van der Waals surface area contributed by atoms with Crippen molar-refractivity contribution in [2.75, 3.05) is 25.5 Å². The summed E-state index contributed by atoms with van der Waals surface area (Å²) in [6, 6.07) is 17.5. The maximum Gasteiger partial charge on any atom is 0.165 e. The molecule has 0 aliphatic carbocycles. The molecular weight excluding hydrogens is 300 g/mol. The fraction of sp³-hybridized carbons (Fsp3) is 0.294. The van der Waals surface area contributed by atoms with Gasteiger partial charge in [0.25, 0.3) is 0 Å². The number of likely N-dealkylation sites (N-methyl/N-ethyl adjacent to an activating group) is 1. The van der Waals surface area contributed by atoms with Crippen molar-refractivity contribution in [2.24, 2.45) is 0 Å². The molecule has 3 rings (SSSR count). The van der Waals surface area contributed by atoms with Gasteiger partial charge in [0.05, 0.1) is 32.0 Å². The highest BCUT2D eigenvalue weighted by atomic mass is 35.5. The van der Waals surface area contributed by atoms with E-state index < -0.39 is 0 Å². The number of nitrogens with zero attached hydrogens (tertiary/aromatic N) is 2. The van der Waals surface area contributed by atoms with Crippen molar-refractivity contribution < 1.29 is 4.00 Å². The van der Waals surface area contributed by atoms with E-state index in [1.165, 1.54) is 21.2 Å². The van der Waals surface area contributed by atoms with Gasteiger partial charge in [0.15, 0.2) is 11.8 Å². The molecule has 2 aromatic rings. The number of benzene rings is 2. The molecule has 0 spiro atoms. The number of hydrogen-bond donors (Lipinski definition) is 0. The van der Waals surface area contributed by atoms with Crippen LogP contribution in [-0.2, 0) is 0 Å². The van der Waals surface area contributed by atoms with Gasteiger partial charge in [0, 0.05) is 9.79 Å². The second kappa shape index (κ2) is 5.56. The van der Waals surface area contributed by atoms with Gasteiger partial charge in [-0.15, -0.1) is 0 Å². The maximum atomic E-state index is 6.46. The lowest BCUT2D eigenvalue weighted by Gasteiger charge is -2.36. The van der Waals surface area contributed by atoms with Crippen LogP contribution in [0.2, 0.25) is 0 Å². The van der Waals surface area contributed by atoms with Gasteiger partial charge >= 0.3 is 0 Å². The maximum absolute atomic E-state index is 6.46. The average molecular weight is 320 g/mol. The Hall–Kier alpha value is -1.16. The molecule has 0 saturated heterocycles. The van der Waals surface area contributed by atoms with E-state index in [9.17, 15) is 0 Å². The van der Waals surface area contributed by atoms with E-state index in [0.717, 1.165) is 6.54 Å². The summed E-state index contributed by atoms with van der Waals surface area (Å²) in [6.07, 6.45) is 0. The van der Waals surface area contributed by atoms with Crippen LogP contribution in [0.15, 0.2) is 58.3 Å². The Labute approximate surface area is 136 Å². The van der Waals surface area contributed by atoms with Crippen LogP contribution in [-0.4, -0.2) is 30.7 Å². The van der Waals surface area contributed by atoms with Gasteiger partial charge < -0.3 is 4.90 Å². The lowest BCUT2D eigenvalue weighted by atomic mass is 10.2. The lowest BCUT2D eigenvalue weighted by molar-refractivity contribution is -0.796. The van der Waals surface area contributed by atoms with Crippen LogP contribution in [0.25, 0.3) is 0 Å². The van der Waals surface area contributed by atoms with Crippen LogP contribution in [0.4, 0.5) is 11.4 Å². The summed E-state index contributed by atoms with van der Waals surface area (Å²) >= 11 is 8.30. The molecule has 1 atom stereocenters. The van der Waals surface area contributed by atoms with E-state index in [4.69, 9.17) is 11.8 Å². The van der Waals surface area contributed by atoms with Crippen LogP contribution >= 0.6 is 23.5 Å². The van der Waals surface area contributed by atoms with E-state index in [2.05, 4.69) is 60.4 Å². The number of halogens is 1. The molecule has 0 aromatic heterocycles. The Morgan fingerprint density at radius 3 is 1.95 bits per heavy atom. The zero-order chi connectivity index (χ0) is 15.0. The summed E-state index contributed by atoms with van der Waals surface area (Å²) in [5.41, 5.74) is 2.55. The van der Waals surface area contributed by atoms with E-state index >= 15 is 0 Å². The molecule has 0 radical (unpaired) electrons. The molecule has 0 bridgehead atoms. The molecular formula is C17H20ClN2S+. The minimum Gasteiger partial charge on any atom is -0.334 e. The van der Waals surface area contributed by atoms with Crippen LogP contribution in [0, 0.1) is 0 Å². The van der Waals surface area contributed by atoms with Crippen molar-refractivity contribution in [1.82, 2.24) is 0 Å². The Kier molecular flexibility index (Phi) is 3.91. The average Bonchev–Trinajstić information content (AvgIpc) is 2.46. The third kappa shape index (κ3) is 2.91. The first-order chi connectivity index (χ1) is 9.97. The number of rotatable bonds is 3. The largest absolute Gasteiger partial charge is 0.334 e. The summed E-state index contributed by atoms with van der Waals surface area (Å²) < 4.78 is 0.438. The third-order valence-electron chi connectivity index (χ3n) is 4.03. The molecule has 0 saturated carbocycles. The fourth-order valence-electron chi connectivity index (χ4n) is 2.44. The second-order valence-electron chi connectivity index (χ2n) is 5.90. The number of hydrogen-bond acceptors (Lipinski definition) is 2. The summed E-state index contributed by atoms with van der Waals surface area (Å²) in [4.78, 5) is 5.01. The summed E-state index contributed by atoms with van der Waals surface area (Å²) in [5, 5.41) is 0. The molecule has 4 heteroatoms. The number of para-hydroxylation sites is 2. The summed E-state index contributed by atoms with van der Waals surface area (Å²) in [7, 11) is 4.06. The van der Waals surface area contributed by atoms with Crippen LogP contribution in [0.5, 0.6) is 0 Å². The monoisotopic (exact) mass is 319 g/mol. The van der Waals surface area contributed by atoms with Crippen molar-refractivity contribution in [2.45, 2.75) is 22.8 Å². The predicted molar refractivity (Wildman–Crippen MR) is 91.4 cm³/mol. The Morgan fingerprint density at radius 2 is 1.48 bits per heavy atom. The minimum absolute atomic E-state index is 0.316. The van der Waals surface area contributed by atoms with Gasteiger partial charge in [-0.05, 0) is 31.2 Å². The van der Waals surface area contributed by atoms with Gasteiger partial charge in [0.2, 0.25) is 0 Å². The molecule has 1 heterocycles. The van der Waals surface area contributed by atoms with Crippen LogP contribution in [0.1, 0.15) is 6.92 Å². The molecule has 1 unspecified atom stereocenters. The number of quaternary nitrogens is 1. The van der Waals surface area contributed by atoms with Gasteiger partial charge in [-0.2, -0.15) is 0 Å². The first-order valence-corrected chi connectivity index (χ1v) is 8.29. The molecule has 2 aromatic carbocycles. The van der Waals surface area contributed by atoms with Crippen molar-refractivity contribution in [1.29, 1.82) is 0 Å². The smallest absolute Gasteiger partial charge is 0.165 e. The first kappa shape index (κ1) is 14.8. The molecule has 0 fully saturated rings. The SMILES string of the molecule is CC(CN1c2ccccc2Sc2ccccc21)[N+](C)(C)Cl. The zero-order valence-electron chi connectivity index (χ0n) is 12.6. The second-order valence-corrected chi connectivity index (χ2v) is 7.85. The quantitative estimate of drug-likeness (QED) is 0.740. The Balaban J connectivity index is 2.03. The van der Waals surface area contributed by atoms with Gasteiger partial charge in [0.1, 0.15) is 6.04 Å². The van der Waals surface area contributed by atoms with Gasteiger partial charge in [-0.1, -0.05) is 36.0 Å². The zero-order valence-corrected chi connectivity index (χ0v) is 14.2. The fourth-order valence-corrected chi connectivity index (χ4v) is 3.59. The van der Waals surface area contributed by atoms with E-state index in [1.807, 2.05) is 25.9 Å². The third-order valence-corrected chi connectivity index (χ3v) is 5.49. The normalized spacial score (nSPS) is 15.3. The highest BCUT2D eigenvalue weighted by molar-refractivity contribution is 7.99. The van der Waals surface area contributed by atoms with E-state index in [0.29, 0.717) is 10.0 Å². The van der Waals surface area contributed by atoms with Crippen molar-refractivity contribution in [3.05, 3.63) is 48.5 Å². The summed E-state index contributed by atoms with van der Waals surface area (Å²) in [6.45, 7) is 3.09. The highest BCUT2D eigenvalue weighted by Gasteiger charge is 2.29. The molecule has 1 aliphatic rings. The van der Waals surface area contributed by atoms with Crippen LogP contribution < -0.4 is 4.90 Å². The van der Waals surface area contributed by atoms with E-state index in [-0.39, 0.29) is 0 Å². The molecule has 21 heavy (non-hydrogen) atoms. The van der Waals surface area contributed by atoms with Crippen molar-refractivity contribution in [3.8, 4) is 0 Å². The Morgan fingerprint density at radius 1 is 1.00 bits per heavy atom. The molecule has 1 aliphatic heterocycles. The molecule has 0 amide bonds. The van der Waals surface area contributed by atoms with Crippen LogP contribution in [0.3, 0.4) is 0 Å².